The number of nitrogens with zero attached hydrogens (tertiary/aromatic N) is 2. The molecule has 0 radical (unpaired) electrons. The molecule has 0 saturated carbocycles. The number of methoxy groups -OCH3 is 1. The van der Waals surface area contributed by atoms with Crippen LogP contribution < -0.4 is 5.73 Å². The first kappa shape index (κ1) is 13.6. The maximum Gasteiger partial charge on any atom is 0.139 e. The van der Waals surface area contributed by atoms with Crippen molar-refractivity contribution in [2.24, 2.45) is 0 Å². The van der Waals surface area contributed by atoms with E-state index in [4.69, 9.17) is 10.5 Å². The van der Waals surface area contributed by atoms with Gasteiger partial charge in [0.1, 0.15) is 17.2 Å². The van der Waals surface area contributed by atoms with Gasteiger partial charge in [-0.25, -0.2) is 4.98 Å². The first-order valence-electron chi connectivity index (χ1n) is 6.93. The largest absolute Gasteiger partial charge is 0.383 e. The van der Waals surface area contributed by atoms with Gasteiger partial charge in [0, 0.05) is 18.4 Å². The molecule has 2 aromatic heterocycles. The van der Waals surface area contributed by atoms with E-state index in [1.807, 2.05) is 41.7 Å². The van der Waals surface area contributed by atoms with Gasteiger partial charge >= 0.3 is 0 Å². The highest BCUT2D eigenvalue weighted by atomic mass is 16.5. The van der Waals surface area contributed by atoms with Gasteiger partial charge in [-0.05, 0) is 37.1 Å². The monoisotopic (exact) mass is 281 g/mol. The second-order valence-corrected chi connectivity index (χ2v) is 5.34. The lowest BCUT2D eigenvalue weighted by Crippen LogP contribution is -1.98. The number of anilines is 1. The highest BCUT2D eigenvalue weighted by Gasteiger charge is 2.13. The first-order valence-corrected chi connectivity index (χ1v) is 6.93. The molecule has 2 heterocycles. The SMILES string of the molecule is COCc1ccc(-c2nc3cc(C)cc(C)n3c2N)cc1. The molecule has 0 bridgehead atoms. The summed E-state index contributed by atoms with van der Waals surface area (Å²) in [5, 5.41) is 0. The van der Waals surface area contributed by atoms with Crippen LogP contribution in [0.15, 0.2) is 36.4 Å². The third-order valence-electron chi connectivity index (χ3n) is 3.62. The molecule has 3 rings (SSSR count). The van der Waals surface area contributed by atoms with Crippen LogP contribution in [0.3, 0.4) is 0 Å². The summed E-state index contributed by atoms with van der Waals surface area (Å²) in [6.45, 7) is 4.72. The number of ether oxygens (including phenoxy) is 1. The number of aromatic nitrogens is 2. The number of imidazole rings is 1. The highest BCUT2D eigenvalue weighted by molar-refractivity contribution is 5.75. The van der Waals surface area contributed by atoms with E-state index < -0.39 is 0 Å². The topological polar surface area (TPSA) is 52.5 Å². The molecule has 21 heavy (non-hydrogen) atoms. The fraction of sp³-hybridized carbons (Fsp3) is 0.235. The van der Waals surface area contributed by atoms with Crippen molar-refractivity contribution < 1.29 is 4.74 Å². The van der Waals surface area contributed by atoms with Crippen molar-refractivity contribution in [2.75, 3.05) is 12.8 Å². The van der Waals surface area contributed by atoms with Crippen molar-refractivity contribution >= 4 is 11.5 Å². The number of pyridine rings is 1. The van der Waals surface area contributed by atoms with Gasteiger partial charge in [-0.1, -0.05) is 24.3 Å². The number of hydrogen-bond acceptors (Lipinski definition) is 3. The molecule has 0 atom stereocenters. The van der Waals surface area contributed by atoms with E-state index in [9.17, 15) is 0 Å². The Kier molecular flexibility index (Phi) is 3.39. The first-order chi connectivity index (χ1) is 10.1. The number of hydrogen-bond donors (Lipinski definition) is 1. The van der Waals surface area contributed by atoms with E-state index in [-0.39, 0.29) is 0 Å². The smallest absolute Gasteiger partial charge is 0.139 e. The number of benzene rings is 1. The van der Waals surface area contributed by atoms with Crippen molar-refractivity contribution in [3.63, 3.8) is 0 Å². The van der Waals surface area contributed by atoms with Crippen LogP contribution in [-0.2, 0) is 11.3 Å². The summed E-state index contributed by atoms with van der Waals surface area (Å²) >= 11 is 0. The number of nitrogens with two attached hydrogens (primary N) is 1. The van der Waals surface area contributed by atoms with Crippen LogP contribution in [0, 0.1) is 13.8 Å². The van der Waals surface area contributed by atoms with Crippen molar-refractivity contribution in [2.45, 2.75) is 20.5 Å². The third-order valence-corrected chi connectivity index (χ3v) is 3.62. The lowest BCUT2D eigenvalue weighted by molar-refractivity contribution is 0.185. The molecule has 0 saturated heterocycles. The molecule has 1 aromatic carbocycles. The van der Waals surface area contributed by atoms with Crippen LogP contribution in [0.5, 0.6) is 0 Å². The van der Waals surface area contributed by atoms with Crippen molar-refractivity contribution in [3.05, 3.63) is 53.2 Å². The molecule has 0 aliphatic carbocycles. The lowest BCUT2D eigenvalue weighted by Gasteiger charge is -2.04. The number of fused-ring (bicyclic) bond motifs is 1. The Morgan fingerprint density at radius 2 is 1.86 bits per heavy atom. The third kappa shape index (κ3) is 2.38. The van der Waals surface area contributed by atoms with Crippen molar-refractivity contribution in [1.29, 1.82) is 0 Å². The molecule has 4 heteroatoms. The maximum absolute atomic E-state index is 6.29. The van der Waals surface area contributed by atoms with Crippen LogP contribution >= 0.6 is 0 Å². The minimum atomic E-state index is 0.610. The molecule has 0 unspecified atom stereocenters. The van der Waals surface area contributed by atoms with E-state index in [0.29, 0.717) is 12.4 Å². The predicted molar refractivity (Wildman–Crippen MR) is 85.2 cm³/mol. The van der Waals surface area contributed by atoms with Gasteiger partial charge in [0.05, 0.1) is 6.61 Å². The Balaban J connectivity index is 2.12. The van der Waals surface area contributed by atoms with Gasteiger partial charge in [0.15, 0.2) is 0 Å². The zero-order valence-corrected chi connectivity index (χ0v) is 12.6. The normalized spacial score (nSPS) is 11.2. The van der Waals surface area contributed by atoms with Crippen LogP contribution in [0.25, 0.3) is 16.9 Å². The highest BCUT2D eigenvalue weighted by Crippen LogP contribution is 2.28. The maximum atomic E-state index is 6.29. The number of rotatable bonds is 3. The van der Waals surface area contributed by atoms with Crippen molar-refractivity contribution in [3.8, 4) is 11.3 Å². The van der Waals surface area contributed by atoms with E-state index in [0.717, 1.165) is 28.2 Å². The lowest BCUT2D eigenvalue weighted by atomic mass is 10.1. The summed E-state index contributed by atoms with van der Waals surface area (Å²) < 4.78 is 7.12. The van der Waals surface area contributed by atoms with Gasteiger partial charge in [-0.2, -0.15) is 0 Å². The minimum absolute atomic E-state index is 0.610. The molecule has 108 valence electrons. The van der Waals surface area contributed by atoms with Crippen LogP contribution in [0.4, 0.5) is 5.82 Å². The molecular weight excluding hydrogens is 262 g/mol. The molecule has 0 aliphatic rings. The average molecular weight is 281 g/mol. The quantitative estimate of drug-likeness (QED) is 0.801. The summed E-state index contributed by atoms with van der Waals surface area (Å²) in [6.07, 6.45) is 0. The second kappa shape index (κ2) is 5.22. The number of aryl methyl sites for hydroxylation is 2. The van der Waals surface area contributed by atoms with E-state index in [1.54, 1.807) is 7.11 Å². The summed E-state index contributed by atoms with van der Waals surface area (Å²) in [5.41, 5.74) is 12.4. The summed E-state index contributed by atoms with van der Waals surface area (Å²) in [4.78, 5) is 4.69. The zero-order valence-electron chi connectivity index (χ0n) is 12.6. The molecule has 3 aromatic rings. The van der Waals surface area contributed by atoms with Crippen LogP contribution in [0.2, 0.25) is 0 Å². The van der Waals surface area contributed by atoms with E-state index in [1.165, 1.54) is 5.56 Å². The van der Waals surface area contributed by atoms with E-state index in [2.05, 4.69) is 18.0 Å². The molecule has 0 amide bonds. The molecule has 4 nitrogen and oxygen atoms in total. The average Bonchev–Trinajstić information content (AvgIpc) is 2.77. The molecule has 2 N–H and O–H groups in total. The second-order valence-electron chi connectivity index (χ2n) is 5.34. The Labute approximate surface area is 124 Å². The Morgan fingerprint density at radius 1 is 1.14 bits per heavy atom. The Morgan fingerprint density at radius 3 is 2.52 bits per heavy atom. The van der Waals surface area contributed by atoms with E-state index >= 15 is 0 Å². The number of nitrogen functional groups attached to an aromatic ring is 1. The summed E-state index contributed by atoms with van der Waals surface area (Å²) in [6, 6.07) is 12.3. The van der Waals surface area contributed by atoms with Crippen molar-refractivity contribution in [1.82, 2.24) is 9.38 Å². The van der Waals surface area contributed by atoms with Gasteiger partial charge in [0.2, 0.25) is 0 Å². The minimum Gasteiger partial charge on any atom is -0.383 e. The molecule has 0 spiro atoms. The van der Waals surface area contributed by atoms with Gasteiger partial charge < -0.3 is 10.5 Å². The zero-order chi connectivity index (χ0) is 15.0. The summed E-state index contributed by atoms with van der Waals surface area (Å²) in [7, 11) is 1.69. The Bertz CT molecular complexity index is 788. The fourth-order valence-electron chi connectivity index (χ4n) is 2.70. The molecular formula is C17H19N3O. The van der Waals surface area contributed by atoms with Gasteiger partial charge in [-0.15, -0.1) is 0 Å². The Hall–Kier alpha value is -2.33. The van der Waals surface area contributed by atoms with Crippen LogP contribution in [0.1, 0.15) is 16.8 Å². The molecule has 0 aliphatic heterocycles. The molecule has 0 fully saturated rings. The van der Waals surface area contributed by atoms with Crippen LogP contribution in [-0.4, -0.2) is 16.5 Å². The van der Waals surface area contributed by atoms with Gasteiger partial charge in [-0.3, -0.25) is 4.40 Å². The standard InChI is InChI=1S/C17H19N3O/c1-11-8-12(2)20-15(9-11)19-16(17(20)18)14-6-4-13(5-7-14)10-21-3/h4-9H,10,18H2,1-3H3. The van der Waals surface area contributed by atoms with Gasteiger partial charge in [0.25, 0.3) is 0 Å². The predicted octanol–water partition coefficient (Wildman–Crippen LogP) is 3.35. The fourth-order valence-corrected chi connectivity index (χ4v) is 2.70. The summed E-state index contributed by atoms with van der Waals surface area (Å²) in [5.74, 6) is 0.682.